The van der Waals surface area contributed by atoms with E-state index in [1.54, 1.807) is 36.4 Å². The number of imide groups is 1. The van der Waals surface area contributed by atoms with Gasteiger partial charge in [0.15, 0.2) is 0 Å². The molecule has 1 aliphatic rings. The number of amides is 6. The Morgan fingerprint density at radius 2 is 0.896 bits per heavy atom. The van der Waals surface area contributed by atoms with Gasteiger partial charge in [-0.25, -0.2) is 19.2 Å². The standard InChI is InChI=1S/C30H35N3O5.C21H20N2O6/c1-30(2,3)38-28(35)32-20-24-16-14-23(15-17-24)19-31-27(34)26(18-22-10-6-4-7-11-22)33-29(36)37-21-25-12-8-5-9-13-25;24-18-11-12-19(25)23(18)29-20(26)17(13-15-7-3-1-4-8-15)22-21(27)28-14-16-9-5-2-6-10-16/h4-17,26H,18-21H2,1-3H3,(H,31,34)(H,32,35)(H,33,36);1-10,17H,11-14H2,(H,22,27)/t26-;17-/m00/s1. The highest BCUT2D eigenvalue weighted by molar-refractivity contribution is 6.02. The summed E-state index contributed by atoms with van der Waals surface area (Å²) in [5.41, 5.74) is 4.54. The van der Waals surface area contributed by atoms with Crippen LogP contribution in [0.3, 0.4) is 0 Å². The molecule has 5 aromatic carbocycles. The minimum absolute atomic E-state index is 0.0119. The molecule has 350 valence electrons. The number of benzene rings is 5. The molecule has 1 heterocycles. The summed E-state index contributed by atoms with van der Waals surface area (Å²) < 4.78 is 15.7. The van der Waals surface area contributed by atoms with E-state index >= 15 is 0 Å². The Morgan fingerprint density at radius 3 is 1.33 bits per heavy atom. The van der Waals surface area contributed by atoms with Gasteiger partial charge >= 0.3 is 24.2 Å². The van der Waals surface area contributed by atoms with Gasteiger partial charge in [0, 0.05) is 38.8 Å². The number of hydroxylamine groups is 2. The zero-order valence-electron chi connectivity index (χ0n) is 37.6. The molecule has 2 atom stereocenters. The monoisotopic (exact) mass is 913 g/mol. The molecule has 0 spiro atoms. The Balaban J connectivity index is 0.000000260. The number of nitrogens with one attached hydrogen (secondary N) is 4. The number of hydrogen-bond donors (Lipinski definition) is 4. The van der Waals surface area contributed by atoms with Gasteiger partial charge in [0.25, 0.3) is 11.8 Å². The predicted molar refractivity (Wildman–Crippen MR) is 246 cm³/mol. The summed E-state index contributed by atoms with van der Waals surface area (Å²) in [7, 11) is 0. The molecule has 5 aromatic rings. The summed E-state index contributed by atoms with van der Waals surface area (Å²) >= 11 is 0. The number of alkyl carbamates (subject to hydrolysis) is 3. The third kappa shape index (κ3) is 18.2. The Kier molecular flexibility index (Phi) is 19.0. The molecule has 16 nitrogen and oxygen atoms in total. The first kappa shape index (κ1) is 50.0. The molecule has 0 bridgehead atoms. The van der Waals surface area contributed by atoms with Crippen molar-refractivity contribution >= 4 is 42.0 Å². The van der Waals surface area contributed by atoms with Crippen molar-refractivity contribution < 1.29 is 52.6 Å². The van der Waals surface area contributed by atoms with Crippen molar-refractivity contribution in [2.75, 3.05) is 0 Å². The lowest BCUT2D eigenvalue weighted by atomic mass is 10.1. The molecular weight excluding hydrogens is 859 g/mol. The maximum Gasteiger partial charge on any atom is 0.408 e. The fraction of sp³-hybridized carbons (Fsp3) is 0.275. The number of nitrogens with zero attached hydrogens (tertiary/aromatic N) is 1. The summed E-state index contributed by atoms with van der Waals surface area (Å²) in [6.45, 7) is 6.18. The molecule has 6 rings (SSSR count). The maximum absolute atomic E-state index is 13.0. The third-order valence-electron chi connectivity index (χ3n) is 9.69. The number of rotatable bonds is 17. The van der Waals surface area contributed by atoms with Crippen LogP contribution in [0.2, 0.25) is 0 Å². The third-order valence-corrected chi connectivity index (χ3v) is 9.69. The van der Waals surface area contributed by atoms with Crippen LogP contribution >= 0.6 is 0 Å². The first-order chi connectivity index (χ1) is 32.2. The molecule has 4 N–H and O–H groups in total. The predicted octanol–water partition coefficient (Wildman–Crippen LogP) is 7.00. The molecule has 67 heavy (non-hydrogen) atoms. The van der Waals surface area contributed by atoms with Crippen molar-refractivity contribution in [3.05, 3.63) is 179 Å². The quantitative estimate of drug-likeness (QED) is 0.0552. The Morgan fingerprint density at radius 1 is 0.507 bits per heavy atom. The maximum atomic E-state index is 13.0. The zero-order valence-corrected chi connectivity index (χ0v) is 37.6. The van der Waals surface area contributed by atoms with Crippen LogP contribution in [0.4, 0.5) is 14.4 Å². The van der Waals surface area contributed by atoms with E-state index in [0.717, 1.165) is 33.4 Å². The molecule has 0 unspecified atom stereocenters. The van der Waals surface area contributed by atoms with Crippen molar-refractivity contribution in [3.63, 3.8) is 0 Å². The van der Waals surface area contributed by atoms with Gasteiger partial charge in [0.1, 0.15) is 30.9 Å². The Bertz CT molecular complexity index is 2380. The van der Waals surface area contributed by atoms with Crippen LogP contribution in [0.5, 0.6) is 0 Å². The van der Waals surface area contributed by atoms with Gasteiger partial charge in [0.2, 0.25) is 5.91 Å². The van der Waals surface area contributed by atoms with E-state index in [1.165, 1.54) is 0 Å². The van der Waals surface area contributed by atoms with E-state index < -0.39 is 53.7 Å². The molecular formula is C51H55N5O11. The van der Waals surface area contributed by atoms with Crippen LogP contribution in [-0.4, -0.2) is 64.7 Å². The average Bonchev–Trinajstić information content (AvgIpc) is 3.64. The second kappa shape index (κ2) is 25.5. The molecule has 0 aromatic heterocycles. The van der Waals surface area contributed by atoms with Gasteiger partial charge in [-0.2, -0.15) is 0 Å². The highest BCUT2D eigenvalue weighted by atomic mass is 16.7. The molecule has 0 saturated carbocycles. The second-order valence-electron chi connectivity index (χ2n) is 16.3. The smallest absolute Gasteiger partial charge is 0.408 e. The lowest BCUT2D eigenvalue weighted by Gasteiger charge is -2.20. The minimum Gasteiger partial charge on any atom is -0.445 e. The average molecular weight is 914 g/mol. The largest absolute Gasteiger partial charge is 0.445 e. The molecule has 1 saturated heterocycles. The Hall–Kier alpha value is -8.01. The van der Waals surface area contributed by atoms with Crippen LogP contribution in [0, 0.1) is 0 Å². The van der Waals surface area contributed by atoms with Gasteiger partial charge < -0.3 is 40.3 Å². The van der Waals surface area contributed by atoms with Crippen molar-refractivity contribution in [1.29, 1.82) is 0 Å². The van der Waals surface area contributed by atoms with Crippen molar-refractivity contribution in [1.82, 2.24) is 26.3 Å². The fourth-order valence-corrected chi connectivity index (χ4v) is 6.30. The summed E-state index contributed by atoms with van der Waals surface area (Å²) in [5.74, 6) is -2.42. The molecule has 6 amide bonds. The van der Waals surface area contributed by atoms with E-state index in [-0.39, 0.29) is 44.9 Å². The SMILES string of the molecule is CC(C)(C)OC(=O)NCc1ccc(CNC(=O)[C@H](Cc2ccccc2)NC(=O)OCc2ccccc2)cc1.O=C(N[C@@H](Cc1ccccc1)C(=O)ON1C(=O)CCC1=O)OCc1ccccc1. The van der Waals surface area contributed by atoms with Crippen molar-refractivity contribution in [3.8, 4) is 0 Å². The van der Waals surface area contributed by atoms with Gasteiger partial charge in [0.05, 0.1) is 0 Å². The lowest BCUT2D eigenvalue weighted by Crippen LogP contribution is -2.48. The summed E-state index contributed by atoms with van der Waals surface area (Å²) in [4.78, 5) is 90.5. The van der Waals surface area contributed by atoms with Gasteiger partial charge in [-0.1, -0.05) is 146 Å². The van der Waals surface area contributed by atoms with Crippen LogP contribution in [-0.2, 0) is 77.4 Å². The second-order valence-corrected chi connectivity index (χ2v) is 16.3. The van der Waals surface area contributed by atoms with E-state index in [4.69, 9.17) is 19.0 Å². The van der Waals surface area contributed by atoms with Gasteiger partial charge in [-0.15, -0.1) is 5.06 Å². The first-order valence-corrected chi connectivity index (χ1v) is 21.6. The minimum atomic E-state index is -1.14. The molecule has 0 radical (unpaired) electrons. The lowest BCUT2D eigenvalue weighted by molar-refractivity contribution is -0.198. The summed E-state index contributed by atoms with van der Waals surface area (Å²) in [6.07, 6.45) is -1.55. The number of carbonyl (C=O) groups is 7. The number of carbonyl (C=O) groups excluding carboxylic acids is 7. The van der Waals surface area contributed by atoms with E-state index in [1.807, 2.05) is 130 Å². The molecule has 0 aliphatic carbocycles. The van der Waals surface area contributed by atoms with Crippen LogP contribution < -0.4 is 21.3 Å². The molecule has 16 heteroatoms. The van der Waals surface area contributed by atoms with Crippen LogP contribution in [0.15, 0.2) is 146 Å². The zero-order chi connectivity index (χ0) is 48.0. The molecule has 1 aliphatic heterocycles. The summed E-state index contributed by atoms with van der Waals surface area (Å²) in [5, 5.41) is 11.2. The summed E-state index contributed by atoms with van der Waals surface area (Å²) in [6, 6.07) is 42.4. The van der Waals surface area contributed by atoms with Gasteiger partial charge in [-0.05, 0) is 54.2 Å². The highest BCUT2D eigenvalue weighted by Gasteiger charge is 2.35. The van der Waals surface area contributed by atoms with E-state index in [9.17, 15) is 33.6 Å². The topological polar surface area (TPSA) is 208 Å². The van der Waals surface area contributed by atoms with E-state index in [0.29, 0.717) is 18.0 Å². The van der Waals surface area contributed by atoms with E-state index in [2.05, 4.69) is 21.3 Å². The molecule has 1 fully saturated rings. The van der Waals surface area contributed by atoms with Crippen LogP contribution in [0.25, 0.3) is 0 Å². The van der Waals surface area contributed by atoms with Crippen LogP contribution in [0.1, 0.15) is 67.0 Å². The normalized spacial score (nSPS) is 12.9. The number of ether oxygens (including phenoxy) is 3. The van der Waals surface area contributed by atoms with Crippen molar-refractivity contribution in [2.24, 2.45) is 0 Å². The highest BCUT2D eigenvalue weighted by Crippen LogP contribution is 2.15. The fourth-order valence-electron chi connectivity index (χ4n) is 6.30. The number of hydrogen-bond acceptors (Lipinski definition) is 11. The van der Waals surface area contributed by atoms with Crippen molar-refractivity contribution in [2.45, 2.75) is 90.4 Å². The first-order valence-electron chi connectivity index (χ1n) is 21.6. The van der Waals surface area contributed by atoms with Gasteiger partial charge in [-0.3, -0.25) is 14.4 Å². The Labute approximate surface area is 389 Å².